The Balaban J connectivity index is 0.00000264. The van der Waals surface area contributed by atoms with E-state index in [1.807, 2.05) is 12.1 Å². The number of primary amides is 1. The Kier molecular flexibility index (Phi) is 7.75. The first kappa shape index (κ1) is 19.2. The Hall–Kier alpha value is -1.88. The molecule has 0 unspecified atom stereocenters. The van der Waals surface area contributed by atoms with E-state index in [9.17, 15) is 4.79 Å². The molecular weight excluding hydrogens is 312 g/mol. The number of nitrogens with zero attached hydrogens (tertiary/aromatic N) is 3. The lowest BCUT2D eigenvalue weighted by molar-refractivity contribution is 0.1000. The summed E-state index contributed by atoms with van der Waals surface area (Å²) >= 11 is 0. The molecule has 1 aromatic carbocycles. The van der Waals surface area contributed by atoms with Gasteiger partial charge in [-0.1, -0.05) is 44.4 Å². The topological polar surface area (TPSA) is 73.8 Å². The lowest BCUT2D eigenvalue weighted by Crippen LogP contribution is -2.17. The average Bonchev–Trinajstić information content (AvgIpc) is 3.04. The van der Waals surface area contributed by atoms with Gasteiger partial charge in [0.1, 0.15) is 0 Å². The summed E-state index contributed by atoms with van der Waals surface area (Å²) in [5, 5.41) is 7.90. The number of carbonyl (C=O) groups excluding carboxylic acids is 1. The molecule has 0 fully saturated rings. The predicted molar refractivity (Wildman–Crippen MR) is 94.3 cm³/mol. The minimum absolute atomic E-state index is 0. The van der Waals surface area contributed by atoms with Crippen LogP contribution < -0.4 is 5.73 Å². The van der Waals surface area contributed by atoms with Crippen LogP contribution in [0.2, 0.25) is 0 Å². The van der Waals surface area contributed by atoms with Crippen molar-refractivity contribution in [2.45, 2.75) is 52.4 Å². The molecule has 2 N–H and O–H groups in total. The number of carbonyl (C=O) groups is 1. The van der Waals surface area contributed by atoms with E-state index in [1.165, 1.54) is 24.8 Å². The second kappa shape index (κ2) is 9.30. The van der Waals surface area contributed by atoms with Crippen LogP contribution in [0.1, 0.15) is 61.0 Å². The summed E-state index contributed by atoms with van der Waals surface area (Å²) in [6, 6.07) is 3.85. The van der Waals surface area contributed by atoms with Crippen LogP contribution in [-0.2, 0) is 12.8 Å². The summed E-state index contributed by atoms with van der Waals surface area (Å²) in [5.74, 6) is -0.433. The average molecular weight is 337 g/mol. The number of aryl methyl sites for hydroxylation is 1. The van der Waals surface area contributed by atoms with Crippen LogP contribution in [0.3, 0.4) is 0 Å². The number of unbranched alkanes of at least 4 members (excludes halogenated alkanes) is 3. The standard InChI is InChI=1S/C17H24N4O.ClH/c1-3-5-6-7-8-13-9-10-15(17(18)22)16(14(13)4-2)21-12-11-19-20-21;/h9-12H,3-8H2,1-2H3,(H2,18,22);1H. The zero-order valence-corrected chi connectivity index (χ0v) is 14.6. The molecule has 0 saturated heterocycles. The van der Waals surface area contributed by atoms with Crippen LogP contribution in [0.4, 0.5) is 0 Å². The van der Waals surface area contributed by atoms with Crippen LogP contribution in [0, 0.1) is 0 Å². The zero-order valence-electron chi connectivity index (χ0n) is 13.8. The molecule has 2 aromatic rings. The number of amides is 1. The summed E-state index contributed by atoms with van der Waals surface area (Å²) in [4.78, 5) is 11.8. The molecule has 1 heterocycles. The molecule has 0 bridgehead atoms. The van der Waals surface area contributed by atoms with Gasteiger partial charge in [0.2, 0.25) is 0 Å². The Morgan fingerprint density at radius 1 is 1.22 bits per heavy atom. The smallest absolute Gasteiger partial charge is 0.250 e. The highest BCUT2D eigenvalue weighted by atomic mass is 35.5. The third-order valence-corrected chi connectivity index (χ3v) is 3.95. The number of halogens is 1. The van der Waals surface area contributed by atoms with Crippen molar-refractivity contribution < 1.29 is 4.79 Å². The fourth-order valence-corrected chi connectivity index (χ4v) is 2.84. The maximum absolute atomic E-state index is 11.8. The highest BCUT2D eigenvalue weighted by Crippen LogP contribution is 2.25. The van der Waals surface area contributed by atoms with Crippen molar-refractivity contribution in [3.05, 3.63) is 41.2 Å². The largest absolute Gasteiger partial charge is 0.366 e. The van der Waals surface area contributed by atoms with E-state index in [0.717, 1.165) is 30.5 Å². The number of aromatic nitrogens is 3. The molecule has 5 nitrogen and oxygen atoms in total. The number of nitrogens with two attached hydrogens (primary N) is 1. The number of benzene rings is 1. The first-order valence-electron chi connectivity index (χ1n) is 8.00. The van der Waals surface area contributed by atoms with Gasteiger partial charge in [-0.2, -0.15) is 0 Å². The Morgan fingerprint density at radius 3 is 2.57 bits per heavy atom. The fraction of sp³-hybridized carbons (Fsp3) is 0.471. The third kappa shape index (κ3) is 4.55. The van der Waals surface area contributed by atoms with Gasteiger partial charge in [0.15, 0.2) is 0 Å². The second-order valence-corrected chi connectivity index (χ2v) is 5.48. The van der Waals surface area contributed by atoms with Gasteiger partial charge in [-0.25, -0.2) is 4.68 Å². The predicted octanol–water partition coefficient (Wildman–Crippen LogP) is 3.47. The van der Waals surface area contributed by atoms with Crippen LogP contribution in [0.15, 0.2) is 24.5 Å². The molecule has 1 aromatic heterocycles. The monoisotopic (exact) mass is 336 g/mol. The molecule has 0 spiro atoms. The second-order valence-electron chi connectivity index (χ2n) is 5.48. The minimum Gasteiger partial charge on any atom is -0.366 e. The van der Waals surface area contributed by atoms with Crippen LogP contribution in [0.25, 0.3) is 5.69 Å². The van der Waals surface area contributed by atoms with Crippen LogP contribution in [-0.4, -0.2) is 20.9 Å². The van der Waals surface area contributed by atoms with E-state index in [0.29, 0.717) is 5.56 Å². The minimum atomic E-state index is -0.433. The first-order chi connectivity index (χ1) is 10.7. The maximum Gasteiger partial charge on any atom is 0.250 e. The van der Waals surface area contributed by atoms with Crippen molar-refractivity contribution in [2.24, 2.45) is 5.73 Å². The molecule has 0 saturated carbocycles. The molecule has 1 amide bonds. The lowest BCUT2D eigenvalue weighted by atomic mass is 9.94. The Bertz CT molecular complexity index is 626. The molecule has 126 valence electrons. The van der Waals surface area contributed by atoms with Crippen LogP contribution >= 0.6 is 12.4 Å². The molecule has 2 rings (SSSR count). The highest BCUT2D eigenvalue weighted by molar-refractivity contribution is 5.97. The maximum atomic E-state index is 11.8. The van der Waals surface area contributed by atoms with E-state index in [1.54, 1.807) is 17.1 Å². The van der Waals surface area contributed by atoms with Gasteiger partial charge in [-0.3, -0.25) is 4.79 Å². The van der Waals surface area contributed by atoms with Gasteiger partial charge < -0.3 is 5.73 Å². The van der Waals surface area contributed by atoms with E-state index in [2.05, 4.69) is 24.2 Å². The Labute approximate surface area is 143 Å². The van der Waals surface area contributed by atoms with Crippen molar-refractivity contribution in [2.75, 3.05) is 0 Å². The van der Waals surface area contributed by atoms with Gasteiger partial charge in [0.05, 0.1) is 23.6 Å². The summed E-state index contributed by atoms with van der Waals surface area (Å²) in [5.41, 5.74) is 9.22. The molecule has 23 heavy (non-hydrogen) atoms. The summed E-state index contributed by atoms with van der Waals surface area (Å²) < 4.78 is 1.65. The van der Waals surface area contributed by atoms with Gasteiger partial charge >= 0.3 is 0 Å². The van der Waals surface area contributed by atoms with Crippen molar-refractivity contribution in [3.63, 3.8) is 0 Å². The van der Waals surface area contributed by atoms with E-state index < -0.39 is 5.91 Å². The van der Waals surface area contributed by atoms with Crippen molar-refractivity contribution >= 4 is 18.3 Å². The van der Waals surface area contributed by atoms with E-state index >= 15 is 0 Å². The van der Waals surface area contributed by atoms with Crippen molar-refractivity contribution in [1.82, 2.24) is 15.0 Å². The van der Waals surface area contributed by atoms with Gasteiger partial charge in [-0.15, -0.1) is 17.5 Å². The Morgan fingerprint density at radius 2 is 2.00 bits per heavy atom. The molecule has 0 atom stereocenters. The van der Waals surface area contributed by atoms with Crippen molar-refractivity contribution in [3.8, 4) is 5.69 Å². The fourth-order valence-electron chi connectivity index (χ4n) is 2.84. The summed E-state index contributed by atoms with van der Waals surface area (Å²) in [6.07, 6.45) is 10.1. The molecule has 0 aliphatic heterocycles. The third-order valence-electron chi connectivity index (χ3n) is 3.95. The molecular formula is C17H25ClN4O. The SMILES string of the molecule is CCCCCCc1ccc(C(N)=O)c(-n2ccnn2)c1CC.Cl. The molecule has 6 heteroatoms. The normalized spacial score (nSPS) is 10.3. The molecule has 0 aliphatic rings. The quantitative estimate of drug-likeness (QED) is 0.750. The lowest BCUT2D eigenvalue weighted by Gasteiger charge is -2.16. The van der Waals surface area contributed by atoms with Crippen molar-refractivity contribution in [1.29, 1.82) is 0 Å². The number of rotatable bonds is 8. The summed E-state index contributed by atoms with van der Waals surface area (Å²) in [7, 11) is 0. The van der Waals surface area contributed by atoms with Gasteiger partial charge in [0, 0.05) is 0 Å². The van der Waals surface area contributed by atoms with Crippen LogP contribution in [0.5, 0.6) is 0 Å². The zero-order chi connectivity index (χ0) is 15.9. The van der Waals surface area contributed by atoms with Gasteiger partial charge in [-0.05, 0) is 36.5 Å². The van der Waals surface area contributed by atoms with Gasteiger partial charge in [0.25, 0.3) is 5.91 Å². The first-order valence-corrected chi connectivity index (χ1v) is 8.00. The number of hydrogen-bond donors (Lipinski definition) is 1. The molecule has 0 aliphatic carbocycles. The van der Waals surface area contributed by atoms with E-state index in [4.69, 9.17) is 5.73 Å². The van der Waals surface area contributed by atoms with E-state index in [-0.39, 0.29) is 12.4 Å². The highest BCUT2D eigenvalue weighted by Gasteiger charge is 2.17. The summed E-state index contributed by atoms with van der Waals surface area (Å²) in [6.45, 7) is 4.30. The number of hydrogen-bond acceptors (Lipinski definition) is 3. The molecule has 0 radical (unpaired) electrons.